The molecule has 2 aromatic rings. The summed E-state index contributed by atoms with van der Waals surface area (Å²) in [5, 5.41) is 1.74. The lowest BCUT2D eigenvalue weighted by Gasteiger charge is -1.91. The Hall–Kier alpha value is -1.42. The lowest BCUT2D eigenvalue weighted by Crippen LogP contribution is -1.81. The van der Waals surface area contributed by atoms with E-state index in [0.717, 1.165) is 21.3 Å². The monoisotopic (exact) mass is 191 g/mol. The number of hydrogen-bond acceptors (Lipinski definition) is 4. The molecule has 0 unspecified atom stereocenters. The smallest absolute Gasteiger partial charge is 0.125 e. The summed E-state index contributed by atoms with van der Waals surface area (Å²) in [6.45, 7) is 1.91. The fourth-order valence-electron chi connectivity index (χ4n) is 1.03. The van der Waals surface area contributed by atoms with E-state index in [9.17, 15) is 0 Å². The second-order valence-electron chi connectivity index (χ2n) is 2.70. The van der Waals surface area contributed by atoms with Crippen LogP contribution < -0.4 is 5.73 Å². The first-order chi connectivity index (χ1) is 6.27. The molecule has 0 aromatic carbocycles. The van der Waals surface area contributed by atoms with E-state index in [2.05, 4.69) is 9.97 Å². The number of pyridine rings is 1. The van der Waals surface area contributed by atoms with Gasteiger partial charge in [-0.25, -0.2) is 4.98 Å². The first-order valence-electron chi connectivity index (χ1n) is 3.90. The Balaban J connectivity index is 2.48. The van der Waals surface area contributed by atoms with Crippen molar-refractivity contribution in [2.24, 2.45) is 0 Å². The molecule has 66 valence electrons. The fourth-order valence-corrected chi connectivity index (χ4v) is 1.86. The topological polar surface area (TPSA) is 51.8 Å². The third kappa shape index (κ3) is 1.53. The molecule has 0 fully saturated rings. The second kappa shape index (κ2) is 3.14. The maximum atomic E-state index is 5.72. The summed E-state index contributed by atoms with van der Waals surface area (Å²) in [5.41, 5.74) is 7.69. The van der Waals surface area contributed by atoms with E-state index in [4.69, 9.17) is 5.73 Å². The quantitative estimate of drug-likeness (QED) is 0.751. The van der Waals surface area contributed by atoms with E-state index in [0.29, 0.717) is 0 Å². The van der Waals surface area contributed by atoms with Gasteiger partial charge in [-0.05, 0) is 19.1 Å². The van der Waals surface area contributed by atoms with Gasteiger partial charge in [0.25, 0.3) is 0 Å². The van der Waals surface area contributed by atoms with Gasteiger partial charge in [-0.3, -0.25) is 4.98 Å². The van der Waals surface area contributed by atoms with Gasteiger partial charge in [0.2, 0.25) is 0 Å². The number of nitrogens with two attached hydrogens (primary N) is 1. The molecule has 2 rings (SSSR count). The number of aryl methyl sites for hydroxylation is 1. The van der Waals surface area contributed by atoms with E-state index >= 15 is 0 Å². The Kier molecular flexibility index (Phi) is 1.98. The van der Waals surface area contributed by atoms with Crippen LogP contribution in [0.1, 0.15) is 5.69 Å². The number of rotatable bonds is 1. The highest BCUT2D eigenvalue weighted by molar-refractivity contribution is 7.18. The molecule has 0 spiro atoms. The minimum absolute atomic E-state index is 0.784. The first-order valence-corrected chi connectivity index (χ1v) is 4.72. The number of thiazole rings is 1. The van der Waals surface area contributed by atoms with Gasteiger partial charge < -0.3 is 5.73 Å². The van der Waals surface area contributed by atoms with Gasteiger partial charge in [0.1, 0.15) is 10.0 Å². The highest BCUT2D eigenvalue weighted by atomic mass is 32.1. The average molecular weight is 191 g/mol. The van der Waals surface area contributed by atoms with E-state index in [1.807, 2.05) is 19.1 Å². The van der Waals surface area contributed by atoms with Crippen molar-refractivity contribution in [3.63, 3.8) is 0 Å². The van der Waals surface area contributed by atoms with Crippen LogP contribution in [0.3, 0.4) is 0 Å². The highest BCUT2D eigenvalue weighted by Gasteiger charge is 2.05. The van der Waals surface area contributed by atoms with Crippen molar-refractivity contribution in [3.8, 4) is 10.6 Å². The minimum Gasteiger partial charge on any atom is -0.389 e. The van der Waals surface area contributed by atoms with E-state index in [-0.39, 0.29) is 0 Å². The second-order valence-corrected chi connectivity index (χ2v) is 3.74. The van der Waals surface area contributed by atoms with Gasteiger partial charge in [0.05, 0.1) is 5.69 Å². The van der Waals surface area contributed by atoms with Crippen molar-refractivity contribution in [2.75, 3.05) is 5.73 Å². The van der Waals surface area contributed by atoms with E-state index < -0.39 is 0 Å². The molecule has 2 heterocycles. The molecule has 2 N–H and O–H groups in total. The van der Waals surface area contributed by atoms with Crippen LogP contribution in [-0.4, -0.2) is 9.97 Å². The molecule has 2 aromatic heterocycles. The normalized spacial score (nSPS) is 10.2. The summed E-state index contributed by atoms with van der Waals surface area (Å²) in [7, 11) is 0. The van der Waals surface area contributed by atoms with E-state index in [1.165, 1.54) is 11.3 Å². The summed E-state index contributed by atoms with van der Waals surface area (Å²) in [4.78, 5) is 8.29. The molecule has 0 amide bonds. The molecule has 13 heavy (non-hydrogen) atoms. The number of anilines is 1. The predicted molar refractivity (Wildman–Crippen MR) is 54.5 cm³/mol. The van der Waals surface area contributed by atoms with Gasteiger partial charge in [-0.2, -0.15) is 0 Å². The molecule has 3 nitrogen and oxygen atoms in total. The summed E-state index contributed by atoms with van der Waals surface area (Å²) >= 11 is 1.51. The van der Waals surface area contributed by atoms with Crippen LogP contribution in [0, 0.1) is 6.92 Å². The fraction of sp³-hybridized carbons (Fsp3) is 0.111. The van der Waals surface area contributed by atoms with Crippen molar-refractivity contribution in [2.45, 2.75) is 6.92 Å². The molecule has 0 saturated heterocycles. The first kappa shape index (κ1) is 8.19. The summed E-state index contributed by atoms with van der Waals surface area (Å²) in [5.74, 6) is 0. The van der Waals surface area contributed by atoms with Crippen molar-refractivity contribution >= 4 is 16.3 Å². The lowest BCUT2D eigenvalue weighted by molar-refractivity contribution is 1.26. The molecular weight excluding hydrogens is 182 g/mol. The highest BCUT2D eigenvalue weighted by Crippen LogP contribution is 2.28. The zero-order chi connectivity index (χ0) is 9.26. The molecule has 0 saturated carbocycles. The van der Waals surface area contributed by atoms with Crippen molar-refractivity contribution in [1.29, 1.82) is 0 Å². The zero-order valence-corrected chi connectivity index (χ0v) is 8.01. The molecule has 0 bridgehead atoms. The molecule has 0 aliphatic rings. The van der Waals surface area contributed by atoms with Gasteiger partial charge in [-0.1, -0.05) is 11.3 Å². The van der Waals surface area contributed by atoms with Crippen molar-refractivity contribution < 1.29 is 0 Å². The molecule has 0 aliphatic heterocycles. The summed E-state index contributed by atoms with van der Waals surface area (Å²) in [6.07, 6.45) is 3.50. The third-order valence-electron chi connectivity index (χ3n) is 1.76. The van der Waals surface area contributed by atoms with Crippen LogP contribution in [-0.2, 0) is 0 Å². The molecular formula is C9H9N3S. The predicted octanol–water partition coefficient (Wildman–Crippen LogP) is 2.10. The SMILES string of the molecule is Cc1nc(-c2ccncc2)sc1N. The zero-order valence-electron chi connectivity index (χ0n) is 7.19. The number of nitrogens with zero attached hydrogens (tertiary/aromatic N) is 2. The maximum absolute atomic E-state index is 5.72. The molecule has 0 radical (unpaired) electrons. The Morgan fingerprint density at radius 1 is 1.31 bits per heavy atom. The standard InChI is InChI=1S/C9H9N3S/c1-6-8(10)13-9(12-6)7-2-4-11-5-3-7/h2-5H,10H2,1H3. The number of aromatic nitrogens is 2. The van der Waals surface area contributed by atoms with E-state index in [1.54, 1.807) is 12.4 Å². The third-order valence-corrected chi connectivity index (χ3v) is 2.80. The van der Waals surface area contributed by atoms with Crippen LogP contribution in [0.5, 0.6) is 0 Å². The molecule has 0 aliphatic carbocycles. The van der Waals surface area contributed by atoms with Crippen LogP contribution in [0.25, 0.3) is 10.6 Å². The van der Waals surface area contributed by atoms with Crippen LogP contribution >= 0.6 is 11.3 Å². The van der Waals surface area contributed by atoms with Crippen molar-refractivity contribution in [1.82, 2.24) is 9.97 Å². The summed E-state index contributed by atoms with van der Waals surface area (Å²) in [6, 6.07) is 3.86. The summed E-state index contributed by atoms with van der Waals surface area (Å²) < 4.78 is 0. The van der Waals surface area contributed by atoms with Crippen LogP contribution in [0.4, 0.5) is 5.00 Å². The Morgan fingerprint density at radius 2 is 2.00 bits per heavy atom. The largest absolute Gasteiger partial charge is 0.389 e. The van der Waals surface area contributed by atoms with Crippen molar-refractivity contribution in [3.05, 3.63) is 30.2 Å². The number of nitrogen functional groups attached to an aromatic ring is 1. The van der Waals surface area contributed by atoms with Gasteiger partial charge >= 0.3 is 0 Å². The average Bonchev–Trinajstić information content (AvgIpc) is 2.49. The van der Waals surface area contributed by atoms with Crippen LogP contribution in [0.2, 0.25) is 0 Å². The van der Waals surface area contributed by atoms with Gasteiger partial charge in [0.15, 0.2) is 0 Å². The lowest BCUT2D eigenvalue weighted by atomic mass is 10.3. The Morgan fingerprint density at radius 3 is 2.54 bits per heavy atom. The van der Waals surface area contributed by atoms with Gasteiger partial charge in [0, 0.05) is 18.0 Å². The Labute approximate surface area is 80.3 Å². The maximum Gasteiger partial charge on any atom is 0.125 e. The molecule has 0 atom stereocenters. The minimum atomic E-state index is 0.784. The molecule has 4 heteroatoms. The van der Waals surface area contributed by atoms with Gasteiger partial charge in [-0.15, -0.1) is 0 Å². The Bertz CT molecular complexity index is 389. The van der Waals surface area contributed by atoms with Crippen LogP contribution in [0.15, 0.2) is 24.5 Å². The number of hydrogen-bond donors (Lipinski definition) is 1.